The first kappa shape index (κ1) is 10.5. The van der Waals surface area contributed by atoms with Gasteiger partial charge in [0.1, 0.15) is 17.8 Å². The number of rotatable bonds is 2. The lowest BCUT2D eigenvalue weighted by molar-refractivity contribution is -0.128. The summed E-state index contributed by atoms with van der Waals surface area (Å²) in [4.78, 5) is 3.56. The zero-order valence-corrected chi connectivity index (χ0v) is 7.75. The maximum absolute atomic E-state index is 12.0. The number of aromatic nitrogens is 4. The molecule has 0 aliphatic rings. The van der Waals surface area contributed by atoms with E-state index in [-0.39, 0.29) is 17.3 Å². The van der Waals surface area contributed by atoms with Crippen molar-refractivity contribution in [1.29, 1.82) is 0 Å². The summed E-state index contributed by atoms with van der Waals surface area (Å²) in [5.41, 5.74) is 5.72. The minimum Gasteiger partial charge on any atom is -0.383 e. The van der Waals surface area contributed by atoms with Crippen LogP contribution < -0.4 is 5.73 Å². The van der Waals surface area contributed by atoms with Crippen molar-refractivity contribution in [3.8, 4) is 11.5 Å². The van der Waals surface area contributed by atoms with Crippen LogP contribution in [0, 0.1) is 0 Å². The zero-order valence-electron chi connectivity index (χ0n) is 7.75. The summed E-state index contributed by atoms with van der Waals surface area (Å²) in [6, 6.07) is 0. The minimum atomic E-state index is -4.37. The molecule has 2 aromatic rings. The standard InChI is InChI=1S/C7H6F3N5O/c8-7(9,10)1-4-13-6(16-15-4)3-2-12-14-5(3)11/h2H,1H2,(H3,11,12,14). The molecule has 0 amide bonds. The van der Waals surface area contributed by atoms with Crippen LogP contribution >= 0.6 is 0 Å². The largest absolute Gasteiger partial charge is 0.396 e. The molecule has 2 aromatic heterocycles. The molecule has 0 atom stereocenters. The smallest absolute Gasteiger partial charge is 0.383 e. The van der Waals surface area contributed by atoms with Crippen LogP contribution in [-0.2, 0) is 6.42 Å². The van der Waals surface area contributed by atoms with Crippen LogP contribution in [0.1, 0.15) is 5.82 Å². The fourth-order valence-electron chi connectivity index (χ4n) is 1.08. The van der Waals surface area contributed by atoms with E-state index in [1.54, 1.807) is 0 Å². The first-order valence-electron chi connectivity index (χ1n) is 4.14. The maximum atomic E-state index is 12.0. The van der Waals surface area contributed by atoms with Crippen LogP contribution in [0.25, 0.3) is 11.5 Å². The van der Waals surface area contributed by atoms with Crippen LogP contribution in [0.4, 0.5) is 19.0 Å². The second kappa shape index (κ2) is 3.51. The summed E-state index contributed by atoms with van der Waals surface area (Å²) in [5, 5.41) is 9.18. The Morgan fingerprint density at radius 1 is 1.44 bits per heavy atom. The molecule has 0 fully saturated rings. The molecule has 2 heterocycles. The van der Waals surface area contributed by atoms with Crippen molar-refractivity contribution in [2.24, 2.45) is 0 Å². The predicted octanol–water partition coefficient (Wildman–Crippen LogP) is 1.15. The molecule has 16 heavy (non-hydrogen) atoms. The van der Waals surface area contributed by atoms with Gasteiger partial charge in [0.05, 0.1) is 6.20 Å². The SMILES string of the molecule is Nc1[nH]ncc1-c1nc(CC(F)(F)F)no1. The van der Waals surface area contributed by atoms with Crippen LogP contribution in [0.2, 0.25) is 0 Å². The van der Waals surface area contributed by atoms with Crippen LogP contribution in [0.5, 0.6) is 0 Å². The summed E-state index contributed by atoms with van der Waals surface area (Å²) in [7, 11) is 0. The Labute approximate surface area is 86.6 Å². The van der Waals surface area contributed by atoms with E-state index in [0.29, 0.717) is 0 Å². The average Bonchev–Trinajstić information content (AvgIpc) is 2.71. The highest BCUT2D eigenvalue weighted by atomic mass is 19.4. The Kier molecular flexibility index (Phi) is 2.29. The Morgan fingerprint density at radius 3 is 2.75 bits per heavy atom. The molecule has 0 aliphatic heterocycles. The van der Waals surface area contributed by atoms with Gasteiger partial charge in [-0.25, -0.2) is 0 Å². The van der Waals surface area contributed by atoms with Gasteiger partial charge in [-0.1, -0.05) is 5.16 Å². The van der Waals surface area contributed by atoms with E-state index in [9.17, 15) is 13.2 Å². The van der Waals surface area contributed by atoms with Gasteiger partial charge in [0.15, 0.2) is 5.82 Å². The highest BCUT2D eigenvalue weighted by Gasteiger charge is 2.30. The predicted molar refractivity (Wildman–Crippen MR) is 46.1 cm³/mol. The number of hydrogen-bond acceptors (Lipinski definition) is 5. The Balaban J connectivity index is 2.24. The third-order valence-corrected chi connectivity index (χ3v) is 1.73. The number of aromatic amines is 1. The third-order valence-electron chi connectivity index (χ3n) is 1.73. The van der Waals surface area contributed by atoms with Crippen LogP contribution in [-0.4, -0.2) is 26.5 Å². The van der Waals surface area contributed by atoms with E-state index in [2.05, 4.69) is 24.9 Å². The highest BCUT2D eigenvalue weighted by molar-refractivity contribution is 5.65. The molecule has 0 spiro atoms. The molecule has 0 unspecified atom stereocenters. The van der Waals surface area contributed by atoms with E-state index in [1.807, 2.05) is 0 Å². The van der Waals surface area contributed by atoms with Gasteiger partial charge in [-0.05, 0) is 0 Å². The number of anilines is 1. The lowest BCUT2D eigenvalue weighted by atomic mass is 10.3. The molecular formula is C7H6F3N5O. The number of nitrogen functional groups attached to an aromatic ring is 1. The number of alkyl halides is 3. The maximum Gasteiger partial charge on any atom is 0.396 e. The number of hydrogen-bond donors (Lipinski definition) is 2. The van der Waals surface area contributed by atoms with Gasteiger partial charge in [-0.15, -0.1) is 0 Å². The van der Waals surface area contributed by atoms with Gasteiger partial charge in [0.2, 0.25) is 0 Å². The van der Waals surface area contributed by atoms with Crippen LogP contribution in [0.3, 0.4) is 0 Å². The molecule has 6 nitrogen and oxygen atoms in total. The first-order valence-corrected chi connectivity index (χ1v) is 4.14. The van der Waals surface area contributed by atoms with Gasteiger partial charge in [-0.2, -0.15) is 23.3 Å². The third kappa shape index (κ3) is 2.12. The van der Waals surface area contributed by atoms with Gasteiger partial charge >= 0.3 is 6.18 Å². The first-order chi connectivity index (χ1) is 7.46. The van der Waals surface area contributed by atoms with Crippen molar-refractivity contribution in [3.63, 3.8) is 0 Å². The molecule has 9 heteroatoms. The molecule has 0 saturated carbocycles. The van der Waals surface area contributed by atoms with Gasteiger partial charge < -0.3 is 10.3 Å². The number of nitrogens with zero attached hydrogens (tertiary/aromatic N) is 3. The summed E-state index contributed by atoms with van der Waals surface area (Å²) in [6.45, 7) is 0. The normalized spacial score (nSPS) is 11.9. The summed E-state index contributed by atoms with van der Waals surface area (Å²) >= 11 is 0. The molecule has 0 bridgehead atoms. The average molecular weight is 233 g/mol. The van der Waals surface area contributed by atoms with E-state index >= 15 is 0 Å². The van der Waals surface area contributed by atoms with Crippen molar-refractivity contribution < 1.29 is 17.7 Å². The summed E-state index contributed by atoms with van der Waals surface area (Å²) in [5.74, 6) is -0.379. The van der Waals surface area contributed by atoms with Gasteiger partial charge in [0, 0.05) is 0 Å². The van der Waals surface area contributed by atoms with E-state index < -0.39 is 18.4 Å². The van der Waals surface area contributed by atoms with E-state index in [0.717, 1.165) is 0 Å². The fourth-order valence-corrected chi connectivity index (χ4v) is 1.08. The molecule has 3 N–H and O–H groups in total. The molecular weight excluding hydrogens is 227 g/mol. The molecule has 0 aromatic carbocycles. The second-order valence-electron chi connectivity index (χ2n) is 3.01. The lowest BCUT2D eigenvalue weighted by Gasteiger charge is -1.99. The van der Waals surface area contributed by atoms with E-state index in [4.69, 9.17) is 5.73 Å². The second-order valence-corrected chi connectivity index (χ2v) is 3.01. The molecule has 2 rings (SSSR count). The summed E-state index contributed by atoms with van der Waals surface area (Å²) in [6.07, 6.45) is -4.32. The van der Waals surface area contributed by atoms with Crippen molar-refractivity contribution >= 4 is 5.82 Å². The molecule has 0 aliphatic carbocycles. The van der Waals surface area contributed by atoms with Crippen LogP contribution in [0.15, 0.2) is 10.7 Å². The quantitative estimate of drug-likeness (QED) is 0.811. The monoisotopic (exact) mass is 233 g/mol. The minimum absolute atomic E-state index is 0.0921. The number of H-pyrrole nitrogens is 1. The van der Waals surface area contributed by atoms with Crippen molar-refractivity contribution in [3.05, 3.63) is 12.0 Å². The number of nitrogens with one attached hydrogen (secondary N) is 1. The highest BCUT2D eigenvalue weighted by Crippen LogP contribution is 2.24. The molecule has 86 valence electrons. The van der Waals surface area contributed by atoms with Gasteiger partial charge in [-0.3, -0.25) is 5.10 Å². The van der Waals surface area contributed by atoms with E-state index in [1.165, 1.54) is 6.20 Å². The summed E-state index contributed by atoms with van der Waals surface area (Å²) < 4.78 is 40.7. The topological polar surface area (TPSA) is 93.6 Å². The molecule has 0 radical (unpaired) electrons. The fraction of sp³-hybridized carbons (Fsp3) is 0.286. The Bertz CT molecular complexity index is 488. The van der Waals surface area contributed by atoms with Crippen molar-refractivity contribution in [1.82, 2.24) is 20.3 Å². The lowest BCUT2D eigenvalue weighted by Crippen LogP contribution is -2.12. The Morgan fingerprint density at radius 2 is 2.19 bits per heavy atom. The van der Waals surface area contributed by atoms with Crippen molar-refractivity contribution in [2.75, 3.05) is 5.73 Å². The number of nitrogens with two attached hydrogens (primary N) is 1. The number of halogens is 3. The van der Waals surface area contributed by atoms with Crippen molar-refractivity contribution in [2.45, 2.75) is 12.6 Å². The Hall–Kier alpha value is -2.06. The zero-order chi connectivity index (χ0) is 11.8. The molecule has 0 saturated heterocycles. The van der Waals surface area contributed by atoms with Gasteiger partial charge in [0.25, 0.3) is 5.89 Å².